The van der Waals surface area contributed by atoms with Crippen LogP contribution in [0.3, 0.4) is 0 Å². The van der Waals surface area contributed by atoms with E-state index in [9.17, 15) is 9.36 Å². The van der Waals surface area contributed by atoms with Crippen LogP contribution >= 0.6 is 7.60 Å². The Morgan fingerprint density at radius 3 is 2.54 bits per heavy atom. The molecule has 0 aliphatic heterocycles. The Morgan fingerprint density at radius 2 is 1.96 bits per heavy atom. The van der Waals surface area contributed by atoms with Crippen molar-refractivity contribution in [2.75, 3.05) is 20.8 Å². The predicted molar refractivity (Wildman–Crippen MR) is 86.9 cm³/mol. The van der Waals surface area contributed by atoms with E-state index in [1.54, 1.807) is 25.1 Å². The van der Waals surface area contributed by atoms with Crippen molar-refractivity contribution in [2.45, 2.75) is 6.92 Å². The molecule has 0 aliphatic carbocycles. The largest absolute Gasteiger partial charge is 0.493 e. The first-order chi connectivity index (χ1) is 11.4. The number of benzene rings is 1. The minimum absolute atomic E-state index is 0.172. The van der Waals surface area contributed by atoms with E-state index in [0.29, 0.717) is 23.6 Å². The topological polar surface area (TPSA) is 108 Å². The van der Waals surface area contributed by atoms with Crippen molar-refractivity contribution < 1.29 is 28.3 Å². The lowest BCUT2D eigenvalue weighted by Gasteiger charge is -2.18. The summed E-state index contributed by atoms with van der Waals surface area (Å²) in [5.41, 5.74) is 0.748. The second kappa shape index (κ2) is 7.53. The third-order valence-electron chi connectivity index (χ3n) is 3.18. The molecule has 128 valence electrons. The van der Waals surface area contributed by atoms with Crippen LogP contribution in [0.5, 0.6) is 5.75 Å². The van der Waals surface area contributed by atoms with E-state index in [4.69, 9.17) is 18.9 Å². The summed E-state index contributed by atoms with van der Waals surface area (Å²) in [5, 5.41) is 9.29. The molecule has 0 radical (unpaired) electrons. The summed E-state index contributed by atoms with van der Waals surface area (Å²) in [5.74, 6) is -0.862. The van der Waals surface area contributed by atoms with Gasteiger partial charge >= 0.3 is 13.6 Å². The average molecular weight is 352 g/mol. The highest BCUT2D eigenvalue weighted by atomic mass is 31.2. The van der Waals surface area contributed by atoms with Crippen LogP contribution in [0.15, 0.2) is 30.6 Å². The molecule has 0 spiro atoms. The number of carboxylic acid groups (broad SMARTS) is 1. The van der Waals surface area contributed by atoms with E-state index in [1.807, 2.05) is 0 Å². The summed E-state index contributed by atoms with van der Waals surface area (Å²) >= 11 is 0. The normalized spacial score (nSPS) is 11.3. The van der Waals surface area contributed by atoms with Gasteiger partial charge in [0, 0.05) is 19.8 Å². The Hall–Kier alpha value is -2.28. The smallest absolute Gasteiger partial charge is 0.364 e. The van der Waals surface area contributed by atoms with Gasteiger partial charge in [-0.15, -0.1) is 0 Å². The molecule has 0 atom stereocenters. The number of rotatable bonds is 7. The van der Waals surface area contributed by atoms with Gasteiger partial charge in [-0.1, -0.05) is 6.07 Å². The number of carboxylic acids is 1. The maximum Gasteiger partial charge on any atom is 0.364 e. The first kappa shape index (κ1) is 18.1. The molecule has 2 aromatic rings. The maximum absolute atomic E-state index is 12.6. The molecule has 0 saturated carbocycles. The van der Waals surface area contributed by atoms with Crippen LogP contribution in [0.25, 0.3) is 11.3 Å². The van der Waals surface area contributed by atoms with Crippen LogP contribution in [-0.4, -0.2) is 41.9 Å². The van der Waals surface area contributed by atoms with Gasteiger partial charge in [0.25, 0.3) is 0 Å². The van der Waals surface area contributed by atoms with Crippen molar-refractivity contribution >= 4 is 18.9 Å². The summed E-state index contributed by atoms with van der Waals surface area (Å²) in [7, 11) is -0.918. The number of ether oxygens (including phenoxy) is 1. The van der Waals surface area contributed by atoms with Gasteiger partial charge in [0.2, 0.25) is 0 Å². The van der Waals surface area contributed by atoms with Gasteiger partial charge in [0.15, 0.2) is 5.69 Å². The third-order valence-corrected chi connectivity index (χ3v) is 5.11. The number of nitrogens with zero attached hydrogens (tertiary/aromatic N) is 2. The van der Waals surface area contributed by atoms with Crippen molar-refractivity contribution in [3.63, 3.8) is 0 Å². The van der Waals surface area contributed by atoms with Gasteiger partial charge in [0.05, 0.1) is 24.7 Å². The highest BCUT2D eigenvalue weighted by Gasteiger charge is 2.29. The van der Waals surface area contributed by atoms with Gasteiger partial charge in [-0.05, 0) is 19.1 Å². The number of carbonyl (C=O) groups is 1. The first-order valence-electron chi connectivity index (χ1n) is 6.99. The second-order valence-corrected chi connectivity index (χ2v) is 6.78. The zero-order valence-corrected chi connectivity index (χ0v) is 14.3. The fourth-order valence-electron chi connectivity index (χ4n) is 2.05. The van der Waals surface area contributed by atoms with E-state index in [2.05, 4.69) is 9.97 Å². The summed E-state index contributed by atoms with van der Waals surface area (Å²) in [6, 6.07) is 4.76. The molecule has 0 amide bonds. The quantitative estimate of drug-likeness (QED) is 0.757. The third kappa shape index (κ3) is 3.62. The Labute approximate surface area is 139 Å². The fourth-order valence-corrected chi connectivity index (χ4v) is 3.25. The van der Waals surface area contributed by atoms with Crippen molar-refractivity contribution in [1.82, 2.24) is 9.97 Å². The molecule has 8 nitrogen and oxygen atoms in total. The monoisotopic (exact) mass is 352 g/mol. The summed E-state index contributed by atoms with van der Waals surface area (Å²) < 4.78 is 28.1. The second-order valence-electron chi connectivity index (χ2n) is 4.57. The van der Waals surface area contributed by atoms with Gasteiger partial charge in [0.1, 0.15) is 11.1 Å². The van der Waals surface area contributed by atoms with Crippen LogP contribution in [0, 0.1) is 0 Å². The molecule has 2 rings (SSSR count). The standard InChI is InChI=1S/C15H17N2O6P/c1-4-23-13-7-10(5-6-14(13)24(20,21-2)22-3)11-8-16-9-12(17-11)15(18)19/h5-9H,4H2,1-3H3,(H,18,19). The van der Waals surface area contributed by atoms with E-state index in [-0.39, 0.29) is 11.0 Å². The Balaban J connectivity index is 2.55. The van der Waals surface area contributed by atoms with Crippen LogP contribution in [-0.2, 0) is 13.6 Å². The van der Waals surface area contributed by atoms with E-state index in [1.165, 1.54) is 20.4 Å². The van der Waals surface area contributed by atoms with Crippen LogP contribution < -0.4 is 10.0 Å². The zero-order chi connectivity index (χ0) is 17.7. The molecule has 1 aromatic heterocycles. The highest BCUT2D eigenvalue weighted by molar-refractivity contribution is 7.62. The van der Waals surface area contributed by atoms with Gasteiger partial charge in [-0.3, -0.25) is 9.55 Å². The molecule has 1 aromatic carbocycles. The SMILES string of the molecule is CCOc1cc(-c2cncc(C(=O)O)n2)ccc1P(=O)(OC)OC. The predicted octanol–water partition coefficient (Wildman–Crippen LogP) is 2.35. The minimum Gasteiger partial charge on any atom is -0.493 e. The van der Waals surface area contributed by atoms with E-state index >= 15 is 0 Å². The van der Waals surface area contributed by atoms with Crippen LogP contribution in [0.4, 0.5) is 0 Å². The van der Waals surface area contributed by atoms with Gasteiger partial charge in [-0.25, -0.2) is 9.78 Å². The lowest BCUT2D eigenvalue weighted by atomic mass is 10.1. The number of aromatic nitrogens is 2. The van der Waals surface area contributed by atoms with Crippen molar-refractivity contribution in [1.29, 1.82) is 0 Å². The minimum atomic E-state index is -3.49. The Kier molecular flexibility index (Phi) is 5.66. The molecule has 24 heavy (non-hydrogen) atoms. The van der Waals surface area contributed by atoms with E-state index < -0.39 is 13.6 Å². The summed E-state index contributed by atoms with van der Waals surface area (Å²) in [4.78, 5) is 18.9. The number of aromatic carboxylic acids is 1. The molecule has 9 heteroatoms. The van der Waals surface area contributed by atoms with Gasteiger partial charge < -0.3 is 18.9 Å². The lowest BCUT2D eigenvalue weighted by Crippen LogP contribution is -2.13. The maximum atomic E-state index is 12.6. The molecular formula is C15H17N2O6P. The molecule has 0 bridgehead atoms. The lowest BCUT2D eigenvalue weighted by molar-refractivity contribution is 0.0690. The Bertz CT molecular complexity index is 787. The summed E-state index contributed by atoms with van der Waals surface area (Å²) in [6.45, 7) is 2.12. The Morgan fingerprint density at radius 1 is 1.25 bits per heavy atom. The van der Waals surface area contributed by atoms with Gasteiger partial charge in [-0.2, -0.15) is 0 Å². The summed E-state index contributed by atoms with van der Waals surface area (Å²) in [6.07, 6.45) is 2.59. The number of hydrogen-bond acceptors (Lipinski definition) is 7. The van der Waals surface area contributed by atoms with E-state index in [0.717, 1.165) is 6.20 Å². The molecule has 1 N–H and O–H groups in total. The molecule has 0 aliphatic rings. The van der Waals surface area contributed by atoms with Crippen molar-refractivity contribution in [2.24, 2.45) is 0 Å². The molecule has 0 unspecified atom stereocenters. The molecule has 1 heterocycles. The number of hydrogen-bond donors (Lipinski definition) is 1. The molecular weight excluding hydrogens is 335 g/mol. The first-order valence-corrected chi connectivity index (χ1v) is 8.54. The average Bonchev–Trinajstić information content (AvgIpc) is 2.61. The fraction of sp³-hybridized carbons (Fsp3) is 0.267. The highest BCUT2D eigenvalue weighted by Crippen LogP contribution is 2.48. The van der Waals surface area contributed by atoms with Crippen molar-refractivity contribution in [3.05, 3.63) is 36.3 Å². The molecule has 0 saturated heterocycles. The molecule has 0 fully saturated rings. The van der Waals surface area contributed by atoms with Crippen molar-refractivity contribution in [3.8, 4) is 17.0 Å². The zero-order valence-electron chi connectivity index (χ0n) is 13.4. The van der Waals surface area contributed by atoms with Crippen LogP contribution in [0.2, 0.25) is 0 Å². The van der Waals surface area contributed by atoms with Crippen LogP contribution in [0.1, 0.15) is 17.4 Å².